The van der Waals surface area contributed by atoms with Crippen molar-refractivity contribution >= 4 is 39.1 Å². The van der Waals surface area contributed by atoms with Crippen molar-refractivity contribution in [3.63, 3.8) is 0 Å². The lowest BCUT2D eigenvalue weighted by Gasteiger charge is -2.29. The zero-order valence-electron chi connectivity index (χ0n) is 13.5. The number of nitrogens with zero attached hydrogens (tertiary/aromatic N) is 2. The van der Waals surface area contributed by atoms with Crippen molar-refractivity contribution in [2.75, 3.05) is 30.0 Å². The lowest BCUT2D eigenvalue weighted by atomic mass is 10.2. The summed E-state index contributed by atoms with van der Waals surface area (Å²) in [5.41, 5.74) is 1.02. The molecule has 130 valence electrons. The Morgan fingerprint density at radius 1 is 1.44 bits per heavy atom. The molecule has 0 saturated heterocycles. The second-order valence-electron chi connectivity index (χ2n) is 5.22. The van der Waals surface area contributed by atoms with Crippen molar-refractivity contribution < 1.29 is 19.1 Å². The Bertz CT molecular complexity index is 812. The van der Waals surface area contributed by atoms with Gasteiger partial charge in [0.15, 0.2) is 6.61 Å². The van der Waals surface area contributed by atoms with Gasteiger partial charge in [-0.1, -0.05) is 15.9 Å². The summed E-state index contributed by atoms with van der Waals surface area (Å²) < 4.78 is 11.6. The van der Waals surface area contributed by atoms with Crippen LogP contribution in [-0.2, 0) is 9.59 Å². The molecule has 1 N–H and O–H groups in total. The first-order valence-corrected chi connectivity index (χ1v) is 8.48. The number of aromatic nitrogens is 1. The third-order valence-corrected chi connectivity index (χ3v) is 3.99. The lowest BCUT2D eigenvalue weighted by Crippen LogP contribution is -2.43. The van der Waals surface area contributed by atoms with Gasteiger partial charge in [-0.3, -0.25) is 14.5 Å². The van der Waals surface area contributed by atoms with E-state index in [9.17, 15) is 9.59 Å². The Labute approximate surface area is 153 Å². The number of hydrogen-bond donors (Lipinski definition) is 1. The molecule has 8 heteroatoms. The van der Waals surface area contributed by atoms with Crippen molar-refractivity contribution in [1.29, 1.82) is 0 Å². The SMILES string of the molecule is CCOc1ncccc1NC(=O)CN1C(=O)COc2cc(Br)ccc21. The Hall–Kier alpha value is -2.61. The van der Waals surface area contributed by atoms with E-state index in [0.717, 1.165) is 4.47 Å². The van der Waals surface area contributed by atoms with Crippen LogP contribution in [0.4, 0.5) is 11.4 Å². The maximum absolute atomic E-state index is 12.4. The van der Waals surface area contributed by atoms with Gasteiger partial charge in [-0.25, -0.2) is 4.98 Å². The zero-order chi connectivity index (χ0) is 17.8. The molecule has 25 heavy (non-hydrogen) atoms. The standard InChI is InChI=1S/C17H16BrN3O4/c1-2-24-17-12(4-3-7-19-17)20-15(22)9-21-13-6-5-11(18)8-14(13)25-10-16(21)23/h3-8H,2,9-10H2,1H3,(H,20,22). The molecule has 3 rings (SSSR count). The minimum absolute atomic E-state index is 0.103. The average Bonchev–Trinajstić information content (AvgIpc) is 2.59. The fourth-order valence-electron chi connectivity index (χ4n) is 2.42. The fraction of sp³-hybridized carbons (Fsp3) is 0.235. The van der Waals surface area contributed by atoms with Crippen LogP contribution in [0.25, 0.3) is 0 Å². The number of benzene rings is 1. The highest BCUT2D eigenvalue weighted by atomic mass is 79.9. The largest absolute Gasteiger partial charge is 0.482 e. The van der Waals surface area contributed by atoms with Crippen LogP contribution in [0.3, 0.4) is 0 Å². The molecule has 7 nitrogen and oxygen atoms in total. The summed E-state index contributed by atoms with van der Waals surface area (Å²) in [6.45, 7) is 2.04. The maximum Gasteiger partial charge on any atom is 0.265 e. The Morgan fingerprint density at radius 2 is 2.28 bits per heavy atom. The van der Waals surface area contributed by atoms with E-state index in [4.69, 9.17) is 9.47 Å². The van der Waals surface area contributed by atoms with Crippen LogP contribution in [0.1, 0.15) is 6.92 Å². The van der Waals surface area contributed by atoms with E-state index in [1.54, 1.807) is 36.5 Å². The molecule has 2 aromatic rings. The monoisotopic (exact) mass is 405 g/mol. The van der Waals surface area contributed by atoms with E-state index < -0.39 is 0 Å². The van der Waals surface area contributed by atoms with Crippen molar-refractivity contribution in [2.45, 2.75) is 6.92 Å². The number of pyridine rings is 1. The highest BCUT2D eigenvalue weighted by Crippen LogP contribution is 2.34. The van der Waals surface area contributed by atoms with Gasteiger partial charge in [0.1, 0.15) is 18.0 Å². The number of halogens is 1. The van der Waals surface area contributed by atoms with Gasteiger partial charge in [0, 0.05) is 10.7 Å². The minimum Gasteiger partial charge on any atom is -0.482 e. The molecule has 0 unspecified atom stereocenters. The number of nitrogens with one attached hydrogen (secondary N) is 1. The summed E-state index contributed by atoms with van der Waals surface area (Å²) in [4.78, 5) is 30.1. The summed E-state index contributed by atoms with van der Waals surface area (Å²) in [6.07, 6.45) is 1.58. The van der Waals surface area contributed by atoms with E-state index in [2.05, 4.69) is 26.2 Å². The van der Waals surface area contributed by atoms with Gasteiger partial charge in [-0.15, -0.1) is 0 Å². The normalized spacial score (nSPS) is 13.0. The summed E-state index contributed by atoms with van der Waals surface area (Å²) in [7, 11) is 0. The highest BCUT2D eigenvalue weighted by molar-refractivity contribution is 9.10. The van der Waals surface area contributed by atoms with Gasteiger partial charge in [0.25, 0.3) is 5.91 Å². The van der Waals surface area contributed by atoms with Crippen LogP contribution in [0, 0.1) is 0 Å². The van der Waals surface area contributed by atoms with Crippen LogP contribution in [-0.4, -0.2) is 36.6 Å². The summed E-state index contributed by atoms with van der Waals surface area (Å²) in [5, 5.41) is 2.73. The second-order valence-corrected chi connectivity index (χ2v) is 6.13. The number of rotatable bonds is 5. The zero-order valence-corrected chi connectivity index (χ0v) is 15.1. The molecule has 0 fully saturated rings. The van der Waals surface area contributed by atoms with Crippen molar-refractivity contribution in [3.05, 3.63) is 41.0 Å². The number of carbonyl (C=O) groups is 2. The molecular weight excluding hydrogens is 390 g/mol. The first kappa shape index (κ1) is 17.2. The number of hydrogen-bond acceptors (Lipinski definition) is 5. The third kappa shape index (κ3) is 3.90. The molecule has 0 atom stereocenters. The Kier molecular flexibility index (Phi) is 5.18. The van der Waals surface area contributed by atoms with Gasteiger partial charge >= 0.3 is 0 Å². The maximum atomic E-state index is 12.4. The van der Waals surface area contributed by atoms with Crippen molar-refractivity contribution in [1.82, 2.24) is 4.98 Å². The molecule has 0 aliphatic carbocycles. The van der Waals surface area contributed by atoms with Gasteiger partial charge in [0.05, 0.1) is 12.3 Å². The molecule has 1 aliphatic rings. The summed E-state index contributed by atoms with van der Waals surface area (Å²) in [6, 6.07) is 8.69. The number of carbonyl (C=O) groups excluding carboxylic acids is 2. The molecule has 1 aromatic heterocycles. The van der Waals surface area contributed by atoms with Crippen molar-refractivity contribution in [3.8, 4) is 11.6 Å². The van der Waals surface area contributed by atoms with Gasteiger partial charge in [0.2, 0.25) is 11.8 Å². The Balaban J connectivity index is 1.76. The molecule has 1 aromatic carbocycles. The van der Waals surface area contributed by atoms with E-state index in [1.165, 1.54) is 4.90 Å². The molecule has 0 bridgehead atoms. The second kappa shape index (κ2) is 7.52. The predicted molar refractivity (Wildman–Crippen MR) is 96.0 cm³/mol. The molecule has 0 saturated carbocycles. The Morgan fingerprint density at radius 3 is 3.08 bits per heavy atom. The molecule has 2 heterocycles. The number of anilines is 2. The topological polar surface area (TPSA) is 80.8 Å². The lowest BCUT2D eigenvalue weighted by molar-refractivity contribution is -0.123. The summed E-state index contributed by atoms with van der Waals surface area (Å²) >= 11 is 3.36. The average molecular weight is 406 g/mol. The predicted octanol–water partition coefficient (Wildman–Crippen LogP) is 2.61. The van der Waals surface area contributed by atoms with Gasteiger partial charge in [-0.05, 0) is 37.3 Å². The van der Waals surface area contributed by atoms with Crippen LogP contribution in [0.15, 0.2) is 41.0 Å². The van der Waals surface area contributed by atoms with E-state index >= 15 is 0 Å². The molecular formula is C17H16BrN3O4. The number of fused-ring (bicyclic) bond motifs is 1. The minimum atomic E-state index is -0.349. The van der Waals surface area contributed by atoms with Crippen LogP contribution in [0.2, 0.25) is 0 Å². The van der Waals surface area contributed by atoms with Gasteiger partial charge < -0.3 is 14.8 Å². The summed E-state index contributed by atoms with van der Waals surface area (Å²) in [5.74, 6) is 0.272. The smallest absolute Gasteiger partial charge is 0.265 e. The van der Waals surface area contributed by atoms with Crippen LogP contribution >= 0.6 is 15.9 Å². The number of ether oxygens (including phenoxy) is 2. The van der Waals surface area contributed by atoms with Gasteiger partial charge in [-0.2, -0.15) is 0 Å². The van der Waals surface area contributed by atoms with E-state index in [0.29, 0.717) is 29.6 Å². The molecule has 2 amide bonds. The first-order valence-electron chi connectivity index (χ1n) is 7.69. The van der Waals surface area contributed by atoms with Crippen LogP contribution < -0.4 is 19.7 Å². The number of amides is 2. The highest BCUT2D eigenvalue weighted by Gasteiger charge is 2.27. The third-order valence-electron chi connectivity index (χ3n) is 3.49. The van der Waals surface area contributed by atoms with E-state index in [-0.39, 0.29) is 25.0 Å². The van der Waals surface area contributed by atoms with Crippen LogP contribution in [0.5, 0.6) is 11.6 Å². The first-order chi connectivity index (χ1) is 12.1. The molecule has 1 aliphatic heterocycles. The molecule has 0 radical (unpaired) electrons. The quantitative estimate of drug-likeness (QED) is 0.826. The van der Waals surface area contributed by atoms with E-state index in [1.807, 2.05) is 6.92 Å². The van der Waals surface area contributed by atoms with Crippen molar-refractivity contribution in [2.24, 2.45) is 0 Å². The fourth-order valence-corrected chi connectivity index (χ4v) is 2.76. The molecule has 0 spiro atoms.